The molecule has 60 valence electrons. The van der Waals surface area contributed by atoms with Gasteiger partial charge < -0.3 is 10.2 Å². The Morgan fingerprint density at radius 3 is 2.18 bits per heavy atom. The molecule has 0 radical (unpaired) electrons. The molecule has 11 heavy (non-hydrogen) atoms. The molecule has 3 nitrogen and oxygen atoms in total. The summed E-state index contributed by atoms with van der Waals surface area (Å²) in [5.74, 6) is -1.75. The van der Waals surface area contributed by atoms with Gasteiger partial charge in [0.1, 0.15) is 0 Å². The van der Waals surface area contributed by atoms with E-state index in [4.69, 9.17) is 0 Å². The molecule has 0 saturated heterocycles. The van der Waals surface area contributed by atoms with E-state index >= 15 is 0 Å². The highest BCUT2D eigenvalue weighted by molar-refractivity contribution is 4.83. The maximum Gasteiger partial charge on any atom is 0.385 e. The summed E-state index contributed by atoms with van der Waals surface area (Å²) in [6.07, 6.45) is 3.49. The highest BCUT2D eigenvalue weighted by Crippen LogP contribution is 2.01. The molecule has 1 heterocycles. The summed E-state index contributed by atoms with van der Waals surface area (Å²) in [7, 11) is 0. The SMILES string of the molecule is CCC(O)(O)[n+]1ccccc1. The van der Waals surface area contributed by atoms with Gasteiger partial charge in [0.15, 0.2) is 12.4 Å². The van der Waals surface area contributed by atoms with Gasteiger partial charge in [-0.25, -0.2) is 0 Å². The van der Waals surface area contributed by atoms with Crippen LogP contribution in [0.15, 0.2) is 30.6 Å². The van der Waals surface area contributed by atoms with Crippen molar-refractivity contribution in [1.29, 1.82) is 0 Å². The molecule has 0 unspecified atom stereocenters. The third-order valence-corrected chi connectivity index (χ3v) is 1.60. The average molecular weight is 154 g/mol. The first-order valence-electron chi connectivity index (χ1n) is 3.58. The second-order valence-corrected chi connectivity index (χ2v) is 2.41. The fourth-order valence-electron chi connectivity index (χ4n) is 0.820. The molecule has 0 aliphatic heterocycles. The first-order valence-corrected chi connectivity index (χ1v) is 3.58. The minimum Gasteiger partial charge on any atom is -0.310 e. The van der Waals surface area contributed by atoms with Crippen LogP contribution in [0.4, 0.5) is 0 Å². The van der Waals surface area contributed by atoms with Gasteiger partial charge in [-0.15, -0.1) is 4.57 Å². The lowest BCUT2D eigenvalue weighted by atomic mass is 10.3. The van der Waals surface area contributed by atoms with Crippen molar-refractivity contribution in [3.8, 4) is 0 Å². The lowest BCUT2D eigenvalue weighted by molar-refractivity contribution is -0.853. The maximum absolute atomic E-state index is 9.31. The van der Waals surface area contributed by atoms with Crippen LogP contribution < -0.4 is 4.57 Å². The van der Waals surface area contributed by atoms with E-state index < -0.39 is 5.91 Å². The summed E-state index contributed by atoms with van der Waals surface area (Å²) >= 11 is 0. The largest absolute Gasteiger partial charge is 0.385 e. The van der Waals surface area contributed by atoms with E-state index in [2.05, 4.69) is 0 Å². The highest BCUT2D eigenvalue weighted by Gasteiger charge is 2.30. The van der Waals surface area contributed by atoms with Crippen molar-refractivity contribution < 1.29 is 14.8 Å². The fraction of sp³-hybridized carbons (Fsp3) is 0.375. The van der Waals surface area contributed by atoms with Crippen LogP contribution in [0.3, 0.4) is 0 Å². The zero-order valence-corrected chi connectivity index (χ0v) is 6.44. The van der Waals surface area contributed by atoms with E-state index in [9.17, 15) is 10.2 Å². The molecule has 0 aliphatic carbocycles. The summed E-state index contributed by atoms with van der Waals surface area (Å²) < 4.78 is 1.35. The molecule has 0 saturated carbocycles. The van der Waals surface area contributed by atoms with Gasteiger partial charge in [0, 0.05) is 12.1 Å². The number of rotatable bonds is 2. The van der Waals surface area contributed by atoms with Gasteiger partial charge in [-0.05, 0) is 0 Å². The molecule has 1 aromatic heterocycles. The minimum absolute atomic E-state index is 0.266. The normalized spacial score (nSPS) is 11.5. The Hall–Kier alpha value is -0.930. The summed E-state index contributed by atoms with van der Waals surface area (Å²) in [6.45, 7) is 1.71. The molecule has 0 aromatic carbocycles. The van der Waals surface area contributed by atoms with Crippen molar-refractivity contribution in [3.63, 3.8) is 0 Å². The number of aliphatic hydroxyl groups is 2. The number of aromatic nitrogens is 1. The molecule has 0 fully saturated rings. The Balaban J connectivity index is 2.93. The van der Waals surface area contributed by atoms with Crippen LogP contribution in [0.2, 0.25) is 0 Å². The van der Waals surface area contributed by atoms with Gasteiger partial charge in [-0.2, -0.15) is 0 Å². The zero-order valence-electron chi connectivity index (χ0n) is 6.44. The first-order chi connectivity index (χ1) is 5.17. The second kappa shape index (κ2) is 2.98. The monoisotopic (exact) mass is 154 g/mol. The van der Waals surface area contributed by atoms with Crippen LogP contribution in [0, 0.1) is 0 Å². The number of nitrogens with zero attached hydrogens (tertiary/aromatic N) is 1. The molecular weight excluding hydrogens is 142 g/mol. The van der Waals surface area contributed by atoms with E-state index in [1.54, 1.807) is 31.5 Å². The van der Waals surface area contributed by atoms with Crippen LogP contribution in [-0.4, -0.2) is 10.2 Å². The molecule has 0 bridgehead atoms. The smallest absolute Gasteiger partial charge is 0.310 e. The van der Waals surface area contributed by atoms with Crippen molar-refractivity contribution in [1.82, 2.24) is 0 Å². The van der Waals surface area contributed by atoms with Crippen LogP contribution >= 0.6 is 0 Å². The molecule has 2 N–H and O–H groups in total. The predicted octanol–water partition coefficient (Wildman–Crippen LogP) is -0.0210. The molecule has 0 spiro atoms. The minimum atomic E-state index is -1.75. The van der Waals surface area contributed by atoms with Crippen LogP contribution in [0.25, 0.3) is 0 Å². The third kappa shape index (κ3) is 1.76. The number of hydrogen-bond acceptors (Lipinski definition) is 2. The van der Waals surface area contributed by atoms with E-state index in [-0.39, 0.29) is 6.42 Å². The molecule has 1 aromatic rings. The summed E-state index contributed by atoms with van der Waals surface area (Å²) in [6, 6.07) is 5.32. The van der Waals surface area contributed by atoms with Crippen molar-refractivity contribution in [2.45, 2.75) is 19.3 Å². The van der Waals surface area contributed by atoms with E-state index in [0.717, 1.165) is 0 Å². The molecule has 3 heteroatoms. The Morgan fingerprint density at radius 2 is 1.73 bits per heavy atom. The Bertz CT molecular complexity index is 221. The standard InChI is InChI=1S/C8H12NO2/c1-2-8(10,11)9-6-4-3-5-7-9/h3-7,10-11H,2H2,1H3/q+1. The first kappa shape index (κ1) is 8.17. The predicted molar refractivity (Wildman–Crippen MR) is 39.3 cm³/mol. The van der Waals surface area contributed by atoms with Crippen LogP contribution in [0.5, 0.6) is 0 Å². The molecule has 0 aliphatic rings. The highest BCUT2D eigenvalue weighted by atomic mass is 16.5. The van der Waals surface area contributed by atoms with Crippen molar-refractivity contribution in [2.75, 3.05) is 0 Å². The van der Waals surface area contributed by atoms with Crippen molar-refractivity contribution >= 4 is 0 Å². The fourth-order valence-corrected chi connectivity index (χ4v) is 0.820. The molecule has 0 atom stereocenters. The van der Waals surface area contributed by atoms with Crippen molar-refractivity contribution in [3.05, 3.63) is 30.6 Å². The van der Waals surface area contributed by atoms with E-state index in [1.165, 1.54) is 4.57 Å². The molecule has 0 amide bonds. The van der Waals surface area contributed by atoms with Gasteiger partial charge in [-0.1, -0.05) is 13.0 Å². The van der Waals surface area contributed by atoms with Gasteiger partial charge in [0.2, 0.25) is 0 Å². The molecular formula is C8H12NO2+. The van der Waals surface area contributed by atoms with Crippen LogP contribution in [0.1, 0.15) is 13.3 Å². The third-order valence-electron chi connectivity index (χ3n) is 1.60. The second-order valence-electron chi connectivity index (χ2n) is 2.41. The summed E-state index contributed by atoms with van der Waals surface area (Å²) in [5.41, 5.74) is 0. The van der Waals surface area contributed by atoms with Gasteiger partial charge in [0.25, 0.3) is 0 Å². The van der Waals surface area contributed by atoms with Crippen molar-refractivity contribution in [2.24, 2.45) is 0 Å². The average Bonchev–Trinajstić information content (AvgIpc) is 2.06. The maximum atomic E-state index is 9.31. The Morgan fingerprint density at radius 1 is 1.18 bits per heavy atom. The lowest BCUT2D eigenvalue weighted by Gasteiger charge is -2.12. The number of pyridine rings is 1. The topological polar surface area (TPSA) is 44.3 Å². The summed E-state index contributed by atoms with van der Waals surface area (Å²) in [5, 5.41) is 18.6. The van der Waals surface area contributed by atoms with Gasteiger partial charge >= 0.3 is 5.91 Å². The molecule has 1 rings (SSSR count). The quantitative estimate of drug-likeness (QED) is 0.464. The van der Waals surface area contributed by atoms with Gasteiger partial charge in [-0.3, -0.25) is 0 Å². The van der Waals surface area contributed by atoms with Gasteiger partial charge in [0.05, 0.1) is 6.42 Å². The lowest BCUT2D eigenvalue weighted by Crippen LogP contribution is -2.55. The zero-order chi connectivity index (χ0) is 8.32. The summed E-state index contributed by atoms with van der Waals surface area (Å²) in [4.78, 5) is 0. The van der Waals surface area contributed by atoms with E-state index in [0.29, 0.717) is 0 Å². The van der Waals surface area contributed by atoms with Crippen LogP contribution in [-0.2, 0) is 5.91 Å². The number of hydrogen-bond donors (Lipinski definition) is 2. The van der Waals surface area contributed by atoms with E-state index in [1.807, 2.05) is 6.07 Å². The Labute approximate surface area is 65.5 Å². The Kier molecular flexibility index (Phi) is 2.22.